The summed E-state index contributed by atoms with van der Waals surface area (Å²) in [4.78, 5) is 14.1. The molecule has 0 saturated carbocycles. The van der Waals surface area contributed by atoms with Gasteiger partial charge in [0.05, 0.1) is 32.1 Å². The van der Waals surface area contributed by atoms with Gasteiger partial charge in [-0.25, -0.2) is 0 Å². The van der Waals surface area contributed by atoms with Crippen LogP contribution in [0.3, 0.4) is 0 Å². The van der Waals surface area contributed by atoms with Gasteiger partial charge in [-0.05, 0) is 23.6 Å². The fourth-order valence-corrected chi connectivity index (χ4v) is 3.76. The van der Waals surface area contributed by atoms with Crippen molar-refractivity contribution < 1.29 is 29.0 Å². The SMILES string of the molecule is CC(CO)(OCc1ccc(-c2ccc(-c3cc(CN4CCOCC4)no3)cc2)cc1)C(=O)CO. The van der Waals surface area contributed by atoms with E-state index in [2.05, 4.69) is 10.1 Å². The fraction of sp³-hybridized carbons (Fsp3) is 0.385. The van der Waals surface area contributed by atoms with Crippen molar-refractivity contribution in [3.05, 3.63) is 65.9 Å². The third-order valence-corrected chi connectivity index (χ3v) is 6.10. The predicted molar refractivity (Wildman–Crippen MR) is 126 cm³/mol. The second-order valence-corrected chi connectivity index (χ2v) is 8.60. The van der Waals surface area contributed by atoms with Crippen LogP contribution in [0.1, 0.15) is 18.2 Å². The van der Waals surface area contributed by atoms with Gasteiger partial charge in [-0.15, -0.1) is 0 Å². The van der Waals surface area contributed by atoms with Crippen molar-refractivity contribution >= 4 is 5.78 Å². The maximum atomic E-state index is 11.8. The van der Waals surface area contributed by atoms with Gasteiger partial charge in [-0.1, -0.05) is 53.7 Å². The minimum Gasteiger partial charge on any atom is -0.393 e. The first-order valence-electron chi connectivity index (χ1n) is 11.4. The maximum absolute atomic E-state index is 11.8. The monoisotopic (exact) mass is 466 g/mol. The number of hydrogen-bond donors (Lipinski definition) is 2. The van der Waals surface area contributed by atoms with Crippen LogP contribution in [-0.2, 0) is 27.4 Å². The Morgan fingerprint density at radius 3 is 2.26 bits per heavy atom. The van der Waals surface area contributed by atoms with E-state index in [-0.39, 0.29) is 6.61 Å². The van der Waals surface area contributed by atoms with Crippen LogP contribution in [0.4, 0.5) is 0 Å². The summed E-state index contributed by atoms with van der Waals surface area (Å²) in [5.41, 5.74) is 3.42. The van der Waals surface area contributed by atoms with Gasteiger partial charge in [-0.3, -0.25) is 9.69 Å². The number of aromatic nitrogens is 1. The molecule has 4 rings (SSSR count). The number of aliphatic hydroxyl groups is 2. The molecule has 1 aliphatic heterocycles. The summed E-state index contributed by atoms with van der Waals surface area (Å²) in [6, 6.07) is 17.9. The number of rotatable bonds is 10. The van der Waals surface area contributed by atoms with E-state index in [1.54, 1.807) is 0 Å². The van der Waals surface area contributed by atoms with Crippen molar-refractivity contribution in [3.63, 3.8) is 0 Å². The zero-order valence-corrected chi connectivity index (χ0v) is 19.3. The lowest BCUT2D eigenvalue weighted by atomic mass is 10.0. The third kappa shape index (κ3) is 5.78. The Bertz CT molecular complexity index is 1070. The summed E-state index contributed by atoms with van der Waals surface area (Å²) in [6.45, 7) is 4.55. The summed E-state index contributed by atoms with van der Waals surface area (Å²) >= 11 is 0. The van der Waals surface area contributed by atoms with Crippen molar-refractivity contribution in [3.8, 4) is 22.5 Å². The lowest BCUT2D eigenvalue weighted by Crippen LogP contribution is -2.43. The van der Waals surface area contributed by atoms with Gasteiger partial charge in [0, 0.05) is 31.3 Å². The number of nitrogens with zero attached hydrogens (tertiary/aromatic N) is 2. The van der Waals surface area contributed by atoms with Crippen LogP contribution in [0.2, 0.25) is 0 Å². The molecule has 0 spiro atoms. The van der Waals surface area contributed by atoms with Crippen molar-refractivity contribution in [2.75, 3.05) is 39.5 Å². The lowest BCUT2D eigenvalue weighted by molar-refractivity contribution is -0.152. The van der Waals surface area contributed by atoms with E-state index < -0.39 is 24.6 Å². The normalized spacial score (nSPS) is 16.3. The maximum Gasteiger partial charge on any atom is 0.191 e. The van der Waals surface area contributed by atoms with Crippen LogP contribution in [0, 0.1) is 0 Å². The van der Waals surface area contributed by atoms with Crippen LogP contribution in [0.5, 0.6) is 0 Å². The van der Waals surface area contributed by atoms with E-state index in [0.717, 1.165) is 66.6 Å². The average molecular weight is 467 g/mol. The number of morpholine rings is 1. The lowest BCUT2D eigenvalue weighted by Gasteiger charge is -2.25. The molecule has 34 heavy (non-hydrogen) atoms. The van der Waals surface area contributed by atoms with E-state index >= 15 is 0 Å². The molecule has 2 heterocycles. The summed E-state index contributed by atoms with van der Waals surface area (Å²) in [7, 11) is 0. The van der Waals surface area contributed by atoms with Crippen LogP contribution in [-0.4, -0.2) is 71.2 Å². The average Bonchev–Trinajstić information content (AvgIpc) is 3.36. The molecule has 1 fully saturated rings. The van der Waals surface area contributed by atoms with Crippen molar-refractivity contribution in [1.29, 1.82) is 0 Å². The molecule has 1 aliphatic rings. The molecule has 180 valence electrons. The molecule has 1 saturated heterocycles. The zero-order chi connectivity index (χ0) is 24.0. The Hall–Kier alpha value is -2.88. The first-order chi connectivity index (χ1) is 16.5. The van der Waals surface area contributed by atoms with Gasteiger partial charge < -0.3 is 24.2 Å². The standard InChI is InChI=1S/C26H30N2O6/c1-26(18-30,25(31)16-29)33-17-19-2-4-20(5-3-19)21-6-8-22(9-7-21)24-14-23(27-34-24)15-28-10-12-32-13-11-28/h2-9,14,29-30H,10-13,15-18H2,1H3. The van der Waals surface area contributed by atoms with Crippen LogP contribution in [0.25, 0.3) is 22.5 Å². The van der Waals surface area contributed by atoms with Gasteiger partial charge in [0.25, 0.3) is 0 Å². The highest BCUT2D eigenvalue weighted by Gasteiger charge is 2.32. The van der Waals surface area contributed by atoms with E-state index in [9.17, 15) is 9.90 Å². The van der Waals surface area contributed by atoms with E-state index in [1.165, 1.54) is 6.92 Å². The van der Waals surface area contributed by atoms with E-state index in [1.807, 2.05) is 54.6 Å². The predicted octanol–water partition coefficient (Wildman–Crippen LogP) is 2.67. The minimum atomic E-state index is -1.41. The number of carbonyl (C=O) groups excluding carboxylic acids is 1. The Morgan fingerprint density at radius 1 is 1.03 bits per heavy atom. The van der Waals surface area contributed by atoms with Gasteiger partial charge in [-0.2, -0.15) is 0 Å². The Morgan fingerprint density at radius 2 is 1.65 bits per heavy atom. The number of benzene rings is 2. The molecule has 1 aromatic heterocycles. The molecule has 0 bridgehead atoms. The molecule has 3 aromatic rings. The van der Waals surface area contributed by atoms with Crippen LogP contribution < -0.4 is 0 Å². The molecular weight excluding hydrogens is 436 g/mol. The zero-order valence-electron chi connectivity index (χ0n) is 19.3. The number of ether oxygens (including phenoxy) is 2. The number of ketones is 1. The Kier molecular flexibility index (Phi) is 7.87. The molecule has 2 N–H and O–H groups in total. The Balaban J connectivity index is 1.37. The fourth-order valence-electron chi connectivity index (χ4n) is 3.76. The number of hydrogen-bond acceptors (Lipinski definition) is 8. The van der Waals surface area contributed by atoms with Crippen molar-refractivity contribution in [2.24, 2.45) is 0 Å². The highest BCUT2D eigenvalue weighted by molar-refractivity contribution is 5.88. The first kappa shape index (κ1) is 24.3. The van der Waals surface area contributed by atoms with Crippen molar-refractivity contribution in [2.45, 2.75) is 25.7 Å². The topological polar surface area (TPSA) is 105 Å². The van der Waals surface area contributed by atoms with Gasteiger partial charge in [0.1, 0.15) is 12.2 Å². The van der Waals surface area contributed by atoms with Crippen LogP contribution >= 0.6 is 0 Å². The number of carbonyl (C=O) groups is 1. The quantitative estimate of drug-likeness (QED) is 0.470. The molecule has 1 atom stereocenters. The smallest absolute Gasteiger partial charge is 0.191 e. The molecule has 0 amide bonds. The summed E-state index contributed by atoms with van der Waals surface area (Å²) in [5, 5.41) is 22.7. The third-order valence-electron chi connectivity index (χ3n) is 6.10. The molecule has 1 unspecified atom stereocenters. The molecule has 0 radical (unpaired) electrons. The first-order valence-corrected chi connectivity index (χ1v) is 11.4. The highest BCUT2D eigenvalue weighted by atomic mass is 16.5. The van der Waals surface area contributed by atoms with E-state index in [0.29, 0.717) is 0 Å². The van der Waals surface area contributed by atoms with Crippen molar-refractivity contribution in [1.82, 2.24) is 10.1 Å². The minimum absolute atomic E-state index is 0.153. The Labute approximate surface area is 198 Å². The molecule has 2 aromatic carbocycles. The van der Waals surface area contributed by atoms with E-state index in [4.69, 9.17) is 19.1 Å². The molecule has 0 aliphatic carbocycles. The molecule has 8 nitrogen and oxygen atoms in total. The number of Topliss-reactive ketones (excluding diaryl/α,β-unsaturated/α-hetero) is 1. The molecule has 8 heteroatoms. The van der Waals surface area contributed by atoms with Gasteiger partial charge >= 0.3 is 0 Å². The van der Waals surface area contributed by atoms with Gasteiger partial charge in [0.2, 0.25) is 0 Å². The van der Waals surface area contributed by atoms with Gasteiger partial charge in [0.15, 0.2) is 11.5 Å². The number of aliphatic hydroxyl groups excluding tert-OH is 2. The summed E-state index contributed by atoms with van der Waals surface area (Å²) < 4.78 is 16.5. The second kappa shape index (κ2) is 11.0. The van der Waals surface area contributed by atoms with Crippen LogP contribution in [0.15, 0.2) is 59.1 Å². The highest BCUT2D eigenvalue weighted by Crippen LogP contribution is 2.26. The summed E-state index contributed by atoms with van der Waals surface area (Å²) in [5.74, 6) is 0.193. The second-order valence-electron chi connectivity index (χ2n) is 8.60. The molecular formula is C26H30N2O6. The largest absolute Gasteiger partial charge is 0.393 e. The summed E-state index contributed by atoms with van der Waals surface area (Å²) in [6.07, 6.45) is 0.